The SMILES string of the molecule is CC(=O)OCC1OC(OC2CC3(C)C(CC(O)C4C(C5(C)CCC(C(C)(C)O)O5)CCC43C)C3(C)CCC(O)C(C)(C)C23)C(OC2OCC(O)C(O)C2O)C(O)C1O. The maximum absolute atomic E-state index is 12.4. The minimum absolute atomic E-state index is 0.0372. The van der Waals surface area contributed by atoms with Gasteiger partial charge in [-0.05, 0) is 117 Å². The van der Waals surface area contributed by atoms with Crippen molar-refractivity contribution in [3.63, 3.8) is 0 Å². The fourth-order valence-corrected chi connectivity index (χ4v) is 14.1. The van der Waals surface area contributed by atoms with Crippen molar-refractivity contribution in [2.24, 2.45) is 45.3 Å². The molecule has 0 aromatic heterocycles. The highest BCUT2D eigenvalue weighted by molar-refractivity contribution is 5.65. The highest BCUT2D eigenvalue weighted by Gasteiger charge is 2.74. The summed E-state index contributed by atoms with van der Waals surface area (Å²) in [6, 6.07) is 0. The fraction of sp³-hybridized carbons (Fsp3) is 0.977. The molecule has 4 saturated carbocycles. The smallest absolute Gasteiger partial charge is 0.302 e. The zero-order valence-corrected chi connectivity index (χ0v) is 35.8. The highest BCUT2D eigenvalue weighted by Crippen LogP contribution is 2.76. The second-order valence-electron chi connectivity index (χ2n) is 21.4. The van der Waals surface area contributed by atoms with E-state index in [0.29, 0.717) is 25.7 Å². The van der Waals surface area contributed by atoms with Gasteiger partial charge in [0.05, 0.1) is 42.2 Å². The first-order valence-corrected chi connectivity index (χ1v) is 21.7. The molecule has 3 saturated heterocycles. The van der Waals surface area contributed by atoms with Crippen molar-refractivity contribution in [2.75, 3.05) is 13.2 Å². The van der Waals surface area contributed by atoms with Crippen LogP contribution in [0.25, 0.3) is 0 Å². The lowest BCUT2D eigenvalue weighted by Crippen LogP contribution is -2.71. The molecule has 0 bridgehead atoms. The predicted molar refractivity (Wildman–Crippen MR) is 205 cm³/mol. The number of hydrogen-bond donors (Lipinski definition) is 8. The first-order chi connectivity index (χ1) is 26.8. The Morgan fingerprint density at radius 1 is 0.793 bits per heavy atom. The topological polar surface area (TPSA) is 234 Å². The van der Waals surface area contributed by atoms with E-state index in [1.165, 1.54) is 6.92 Å². The van der Waals surface area contributed by atoms with Gasteiger partial charge in [0.25, 0.3) is 0 Å². The Kier molecular flexibility index (Phi) is 11.9. The number of carbonyl (C=O) groups is 1. The molecule has 58 heavy (non-hydrogen) atoms. The summed E-state index contributed by atoms with van der Waals surface area (Å²) in [5.74, 6) is -0.933. The van der Waals surface area contributed by atoms with Gasteiger partial charge >= 0.3 is 5.97 Å². The molecule has 4 aliphatic carbocycles. The van der Waals surface area contributed by atoms with Gasteiger partial charge in [0.2, 0.25) is 0 Å². The third kappa shape index (κ3) is 7.11. The van der Waals surface area contributed by atoms with Gasteiger partial charge in [-0.1, -0.05) is 34.6 Å². The van der Waals surface area contributed by atoms with Crippen LogP contribution >= 0.6 is 0 Å². The Balaban J connectivity index is 1.26. The second-order valence-corrected chi connectivity index (χ2v) is 21.4. The normalized spacial score (nSPS) is 54.3. The summed E-state index contributed by atoms with van der Waals surface area (Å²) in [5, 5.41) is 89.4. The molecule has 334 valence electrons. The number of aliphatic hydroxyl groups excluding tert-OH is 7. The molecule has 21 atom stereocenters. The van der Waals surface area contributed by atoms with Crippen molar-refractivity contribution >= 4 is 5.97 Å². The van der Waals surface area contributed by atoms with Crippen LogP contribution in [0.1, 0.15) is 114 Å². The van der Waals surface area contributed by atoms with Crippen LogP contribution < -0.4 is 0 Å². The van der Waals surface area contributed by atoms with E-state index in [-0.39, 0.29) is 41.8 Å². The maximum atomic E-state index is 12.4. The predicted octanol–water partition coefficient (Wildman–Crippen LogP) is 1.54. The minimum Gasteiger partial charge on any atom is -0.463 e. The monoisotopic (exact) mass is 828 g/mol. The number of rotatable bonds is 8. The number of carbonyl (C=O) groups excluding carboxylic acids is 1. The summed E-state index contributed by atoms with van der Waals surface area (Å²) in [4.78, 5) is 11.9. The van der Waals surface area contributed by atoms with Crippen molar-refractivity contribution in [3.8, 4) is 0 Å². The van der Waals surface area contributed by atoms with Crippen molar-refractivity contribution in [2.45, 2.75) is 205 Å². The van der Waals surface area contributed by atoms with Crippen molar-refractivity contribution < 1.29 is 74.1 Å². The molecule has 15 heteroatoms. The zero-order chi connectivity index (χ0) is 42.7. The molecule has 3 aliphatic heterocycles. The molecule has 0 amide bonds. The van der Waals surface area contributed by atoms with E-state index in [2.05, 4.69) is 27.7 Å². The summed E-state index contributed by atoms with van der Waals surface area (Å²) in [5.41, 5.74) is -3.47. The van der Waals surface area contributed by atoms with Crippen molar-refractivity contribution in [1.29, 1.82) is 0 Å². The van der Waals surface area contributed by atoms with Gasteiger partial charge in [0.1, 0.15) is 49.3 Å². The van der Waals surface area contributed by atoms with Gasteiger partial charge in [-0.2, -0.15) is 0 Å². The fourth-order valence-electron chi connectivity index (χ4n) is 14.1. The van der Waals surface area contributed by atoms with Crippen LogP contribution in [0.5, 0.6) is 0 Å². The van der Waals surface area contributed by atoms with Crippen LogP contribution in [0.2, 0.25) is 0 Å². The van der Waals surface area contributed by atoms with E-state index in [1.54, 1.807) is 13.8 Å². The Hall–Kier alpha value is -1.05. The summed E-state index contributed by atoms with van der Waals surface area (Å²) in [6.07, 6.45) is -10.3. The molecule has 15 nitrogen and oxygen atoms in total. The first kappa shape index (κ1) is 45.0. The Bertz CT molecular complexity index is 1510. The molecule has 3 heterocycles. The Labute approximate surface area is 342 Å². The largest absolute Gasteiger partial charge is 0.463 e. The molecule has 0 radical (unpaired) electrons. The third-order valence-electron chi connectivity index (χ3n) is 17.3. The summed E-state index contributed by atoms with van der Waals surface area (Å²) in [6.45, 7) is 17.2. The highest BCUT2D eigenvalue weighted by atomic mass is 16.8. The Morgan fingerprint density at radius 3 is 2.12 bits per heavy atom. The molecular weight excluding hydrogens is 756 g/mol. The minimum atomic E-state index is -1.71. The van der Waals surface area contributed by atoms with E-state index in [1.807, 2.05) is 13.8 Å². The quantitative estimate of drug-likeness (QED) is 0.128. The Morgan fingerprint density at radius 2 is 1.48 bits per heavy atom. The second kappa shape index (κ2) is 15.3. The number of aliphatic hydroxyl groups is 8. The van der Waals surface area contributed by atoms with E-state index in [0.717, 1.165) is 25.7 Å². The van der Waals surface area contributed by atoms with Crippen LogP contribution in [0, 0.1) is 45.3 Å². The number of fused-ring (bicyclic) bond motifs is 5. The molecule has 0 spiro atoms. The van der Waals surface area contributed by atoms with Gasteiger partial charge in [-0.25, -0.2) is 0 Å². The molecule has 0 aromatic rings. The average molecular weight is 829 g/mol. The molecule has 0 aromatic carbocycles. The average Bonchev–Trinajstić information content (AvgIpc) is 3.73. The van der Waals surface area contributed by atoms with Crippen LogP contribution in [0.3, 0.4) is 0 Å². The van der Waals surface area contributed by atoms with E-state index < -0.39 is 114 Å². The molecular formula is C43H72O15. The summed E-state index contributed by atoms with van der Waals surface area (Å²) >= 11 is 0. The lowest BCUT2D eigenvalue weighted by Gasteiger charge is -2.72. The van der Waals surface area contributed by atoms with E-state index >= 15 is 0 Å². The molecule has 8 N–H and O–H groups in total. The lowest BCUT2D eigenvalue weighted by molar-refractivity contribution is -0.377. The lowest BCUT2D eigenvalue weighted by atomic mass is 9.34. The van der Waals surface area contributed by atoms with Crippen LogP contribution in [-0.2, 0) is 33.2 Å². The van der Waals surface area contributed by atoms with E-state index in [9.17, 15) is 45.6 Å². The zero-order valence-electron chi connectivity index (χ0n) is 35.8. The van der Waals surface area contributed by atoms with Gasteiger partial charge < -0.3 is 69.3 Å². The number of esters is 1. The molecule has 21 unspecified atom stereocenters. The van der Waals surface area contributed by atoms with Crippen molar-refractivity contribution in [1.82, 2.24) is 0 Å². The van der Waals surface area contributed by atoms with Gasteiger partial charge in [-0.3, -0.25) is 4.79 Å². The van der Waals surface area contributed by atoms with Gasteiger partial charge in [-0.15, -0.1) is 0 Å². The molecule has 7 fully saturated rings. The number of ether oxygens (including phenoxy) is 6. The van der Waals surface area contributed by atoms with Gasteiger partial charge in [0.15, 0.2) is 12.6 Å². The standard InChI is InChI=1S/C43H72O15/c1-20(44)53-19-25-31(49)32(50)34(57-36-33(51)30(48)23(46)18-54-36)37(56-25)55-24-17-42(8)26(40(6)13-11-27(47)38(2,3)35(24)40)16-22(45)29-21(10-14-41(29,42)7)43(9)15-12-28(58-43)39(4,5)52/h21-37,45-52H,10-19H2,1-9H3. The summed E-state index contributed by atoms with van der Waals surface area (Å²) < 4.78 is 37.2. The van der Waals surface area contributed by atoms with Crippen LogP contribution in [-0.4, -0.2) is 151 Å². The first-order valence-electron chi connectivity index (χ1n) is 21.7. The third-order valence-corrected chi connectivity index (χ3v) is 17.3. The number of hydrogen-bond acceptors (Lipinski definition) is 15. The van der Waals surface area contributed by atoms with Crippen LogP contribution in [0.4, 0.5) is 0 Å². The van der Waals surface area contributed by atoms with Gasteiger partial charge in [0, 0.05) is 6.92 Å². The molecule has 7 rings (SSSR count). The van der Waals surface area contributed by atoms with Crippen LogP contribution in [0.15, 0.2) is 0 Å². The molecule has 7 aliphatic rings. The maximum Gasteiger partial charge on any atom is 0.302 e. The van der Waals surface area contributed by atoms with Crippen molar-refractivity contribution in [3.05, 3.63) is 0 Å². The summed E-state index contributed by atoms with van der Waals surface area (Å²) in [7, 11) is 0. The van der Waals surface area contributed by atoms with E-state index in [4.69, 9.17) is 28.4 Å².